The van der Waals surface area contributed by atoms with Crippen LogP contribution in [0.4, 0.5) is 0 Å². The maximum absolute atomic E-state index is 12.0. The summed E-state index contributed by atoms with van der Waals surface area (Å²) in [7, 11) is 0. The summed E-state index contributed by atoms with van der Waals surface area (Å²) in [6, 6.07) is 0. The number of esters is 1. The first-order valence-corrected chi connectivity index (χ1v) is 5.71. The highest BCUT2D eigenvalue weighted by atomic mass is 16.6. The summed E-state index contributed by atoms with van der Waals surface area (Å²) in [6.07, 6.45) is 5.30. The highest BCUT2D eigenvalue weighted by Gasteiger charge is 2.51. The van der Waals surface area contributed by atoms with E-state index in [-0.39, 0.29) is 25.1 Å². The molecule has 0 aromatic heterocycles. The van der Waals surface area contributed by atoms with Crippen molar-refractivity contribution in [2.75, 3.05) is 13.2 Å². The van der Waals surface area contributed by atoms with Gasteiger partial charge in [-0.15, -0.1) is 0 Å². The van der Waals surface area contributed by atoms with E-state index in [0.717, 1.165) is 12.8 Å². The molecule has 2 rings (SSSR count). The lowest BCUT2D eigenvalue weighted by atomic mass is 9.78. The number of hydrogen-bond donors (Lipinski definition) is 2. The number of aliphatic hydroxyl groups excluding tert-OH is 2. The molecule has 2 N–H and O–H groups in total. The van der Waals surface area contributed by atoms with E-state index >= 15 is 0 Å². The van der Waals surface area contributed by atoms with Crippen LogP contribution in [0.5, 0.6) is 0 Å². The molecule has 2 bridgehead atoms. The maximum Gasteiger partial charge on any atom is 0.312 e. The van der Waals surface area contributed by atoms with Crippen molar-refractivity contribution in [3.05, 3.63) is 12.2 Å². The Bertz CT molecular complexity index is 308. The molecule has 3 atom stereocenters. The fraction of sp³-hybridized carbons (Fsp3) is 0.750. The fourth-order valence-corrected chi connectivity index (χ4v) is 2.75. The molecule has 2 aliphatic carbocycles. The Morgan fingerprint density at radius 1 is 1.50 bits per heavy atom. The Morgan fingerprint density at radius 2 is 2.19 bits per heavy atom. The first kappa shape index (κ1) is 11.6. The predicted octanol–water partition coefficient (Wildman–Crippen LogP) is 0.485. The zero-order valence-corrected chi connectivity index (χ0v) is 9.43. The summed E-state index contributed by atoms with van der Waals surface area (Å²) >= 11 is 0. The van der Waals surface area contributed by atoms with Gasteiger partial charge < -0.3 is 14.9 Å². The van der Waals surface area contributed by atoms with Gasteiger partial charge in [0.25, 0.3) is 0 Å². The van der Waals surface area contributed by atoms with E-state index in [1.54, 1.807) is 0 Å². The van der Waals surface area contributed by atoms with Crippen LogP contribution in [0.3, 0.4) is 0 Å². The summed E-state index contributed by atoms with van der Waals surface area (Å²) in [5, 5.41) is 17.8. The lowest BCUT2D eigenvalue weighted by molar-refractivity contribution is -0.166. The van der Waals surface area contributed by atoms with Gasteiger partial charge in [0.15, 0.2) is 0 Å². The van der Waals surface area contributed by atoms with Gasteiger partial charge in [0, 0.05) is 0 Å². The number of fused-ring (bicyclic) bond motifs is 2. The van der Waals surface area contributed by atoms with E-state index in [1.807, 2.05) is 6.92 Å². The minimum Gasteiger partial charge on any atom is -0.457 e. The van der Waals surface area contributed by atoms with E-state index < -0.39 is 11.5 Å². The minimum atomic E-state index is -0.785. The molecule has 16 heavy (non-hydrogen) atoms. The standard InChI is InChI=1S/C12H18O4/c1-12(5-8-2-3-9(12)4-8)11(15)16-10(6-13)7-14/h2-3,8-10,13-14H,4-7H2,1H3. The Kier molecular flexibility index (Phi) is 3.04. The van der Waals surface area contributed by atoms with Crippen LogP contribution in [-0.2, 0) is 9.53 Å². The normalized spacial score (nSPS) is 36.0. The van der Waals surface area contributed by atoms with Gasteiger partial charge in [-0.2, -0.15) is 0 Å². The molecule has 0 radical (unpaired) electrons. The molecule has 2 aliphatic rings. The molecule has 4 heteroatoms. The molecular weight excluding hydrogens is 208 g/mol. The SMILES string of the molecule is CC1(C(=O)OC(CO)CO)CC2C=CC1C2. The van der Waals surface area contributed by atoms with Gasteiger partial charge in [-0.1, -0.05) is 12.2 Å². The molecule has 0 aromatic carbocycles. The Balaban J connectivity index is 2.02. The third kappa shape index (κ3) is 1.76. The third-order valence-corrected chi connectivity index (χ3v) is 3.82. The Labute approximate surface area is 94.9 Å². The second-order valence-electron chi connectivity index (χ2n) is 5.00. The number of ether oxygens (including phenoxy) is 1. The van der Waals surface area contributed by atoms with Crippen LogP contribution < -0.4 is 0 Å². The average molecular weight is 226 g/mol. The highest BCUT2D eigenvalue weighted by molar-refractivity contribution is 5.78. The number of rotatable bonds is 4. The van der Waals surface area contributed by atoms with Gasteiger partial charge in [0.05, 0.1) is 18.6 Å². The summed E-state index contributed by atoms with van der Waals surface area (Å²) in [5.41, 5.74) is -0.470. The van der Waals surface area contributed by atoms with Crippen LogP contribution in [0.1, 0.15) is 19.8 Å². The van der Waals surface area contributed by atoms with Crippen LogP contribution in [0.2, 0.25) is 0 Å². The molecule has 0 spiro atoms. The molecule has 0 amide bonds. The largest absolute Gasteiger partial charge is 0.457 e. The Morgan fingerprint density at radius 3 is 2.62 bits per heavy atom. The number of carbonyl (C=O) groups excluding carboxylic acids is 1. The summed E-state index contributed by atoms with van der Waals surface area (Å²) < 4.78 is 5.12. The number of hydrogen-bond acceptors (Lipinski definition) is 4. The van der Waals surface area contributed by atoms with Crippen LogP contribution >= 0.6 is 0 Å². The van der Waals surface area contributed by atoms with Crippen LogP contribution in [-0.4, -0.2) is 35.5 Å². The van der Waals surface area contributed by atoms with Gasteiger partial charge in [-0.05, 0) is 31.6 Å². The van der Waals surface area contributed by atoms with Crippen molar-refractivity contribution in [3.8, 4) is 0 Å². The van der Waals surface area contributed by atoms with E-state index in [2.05, 4.69) is 12.2 Å². The lowest BCUT2D eigenvalue weighted by Gasteiger charge is -2.30. The van der Waals surface area contributed by atoms with E-state index in [0.29, 0.717) is 5.92 Å². The zero-order chi connectivity index (χ0) is 11.8. The van der Waals surface area contributed by atoms with E-state index in [4.69, 9.17) is 14.9 Å². The lowest BCUT2D eigenvalue weighted by Crippen LogP contribution is -2.38. The molecule has 90 valence electrons. The molecule has 0 aromatic rings. The van der Waals surface area contributed by atoms with Crippen molar-refractivity contribution in [2.45, 2.75) is 25.9 Å². The number of aliphatic hydroxyl groups is 2. The molecule has 1 saturated carbocycles. The number of allylic oxidation sites excluding steroid dienone is 2. The van der Waals surface area contributed by atoms with Crippen molar-refractivity contribution >= 4 is 5.97 Å². The van der Waals surface area contributed by atoms with Crippen molar-refractivity contribution in [1.29, 1.82) is 0 Å². The summed E-state index contributed by atoms with van der Waals surface area (Å²) in [5.74, 6) is 0.449. The highest BCUT2D eigenvalue weighted by Crippen LogP contribution is 2.52. The predicted molar refractivity (Wildman–Crippen MR) is 57.5 cm³/mol. The summed E-state index contributed by atoms with van der Waals surface area (Å²) in [4.78, 5) is 12.0. The monoisotopic (exact) mass is 226 g/mol. The second-order valence-corrected chi connectivity index (χ2v) is 5.00. The molecule has 0 heterocycles. The minimum absolute atomic E-state index is 0.253. The van der Waals surface area contributed by atoms with Gasteiger partial charge >= 0.3 is 5.97 Å². The molecule has 0 aliphatic heterocycles. The summed E-state index contributed by atoms with van der Waals surface area (Å²) in [6.45, 7) is 1.25. The average Bonchev–Trinajstić information content (AvgIpc) is 2.85. The molecule has 1 fully saturated rings. The first-order chi connectivity index (χ1) is 7.60. The van der Waals surface area contributed by atoms with Gasteiger partial charge in [-0.3, -0.25) is 4.79 Å². The van der Waals surface area contributed by atoms with E-state index in [9.17, 15) is 4.79 Å². The fourth-order valence-electron chi connectivity index (χ4n) is 2.75. The van der Waals surface area contributed by atoms with Crippen molar-refractivity contribution in [1.82, 2.24) is 0 Å². The maximum atomic E-state index is 12.0. The number of carbonyl (C=O) groups is 1. The van der Waals surface area contributed by atoms with Gasteiger partial charge in [-0.25, -0.2) is 0 Å². The van der Waals surface area contributed by atoms with E-state index in [1.165, 1.54) is 0 Å². The van der Waals surface area contributed by atoms with Crippen LogP contribution in [0.15, 0.2) is 12.2 Å². The van der Waals surface area contributed by atoms with Crippen molar-refractivity contribution in [3.63, 3.8) is 0 Å². The molecule has 3 unspecified atom stereocenters. The smallest absolute Gasteiger partial charge is 0.312 e. The molecule has 0 saturated heterocycles. The molecular formula is C12H18O4. The van der Waals surface area contributed by atoms with Crippen molar-refractivity contribution < 1.29 is 19.7 Å². The second kappa shape index (κ2) is 4.18. The molecule has 4 nitrogen and oxygen atoms in total. The van der Waals surface area contributed by atoms with Gasteiger partial charge in [0.2, 0.25) is 0 Å². The zero-order valence-electron chi connectivity index (χ0n) is 9.43. The van der Waals surface area contributed by atoms with Crippen LogP contribution in [0, 0.1) is 17.3 Å². The topological polar surface area (TPSA) is 66.8 Å². The van der Waals surface area contributed by atoms with Gasteiger partial charge in [0.1, 0.15) is 6.10 Å². The first-order valence-electron chi connectivity index (χ1n) is 5.71. The Hall–Kier alpha value is -0.870. The third-order valence-electron chi connectivity index (χ3n) is 3.82. The quantitative estimate of drug-likeness (QED) is 0.540. The van der Waals surface area contributed by atoms with Crippen molar-refractivity contribution in [2.24, 2.45) is 17.3 Å². The van der Waals surface area contributed by atoms with Crippen LogP contribution in [0.25, 0.3) is 0 Å².